The molecule has 2 fully saturated rings. The van der Waals surface area contributed by atoms with Gasteiger partial charge in [0.25, 0.3) is 0 Å². The molecule has 2 aromatic carbocycles. The molecule has 0 aliphatic carbocycles. The molecule has 10 atom stereocenters. The van der Waals surface area contributed by atoms with Crippen molar-refractivity contribution in [2.75, 3.05) is 65.8 Å². The van der Waals surface area contributed by atoms with E-state index < -0.39 is 145 Å². The Kier molecular flexibility index (Phi) is 42.8. The molecular formula is C80H124N18O16. The number of H-pyrrole nitrogens is 2. The van der Waals surface area contributed by atoms with E-state index in [-0.39, 0.29) is 116 Å². The lowest BCUT2D eigenvalue weighted by Gasteiger charge is -2.31. The number of Topliss-reactive ketones (excluding diaryl/α,β-unsaturated/α-hetero) is 1. The third-order valence-corrected chi connectivity index (χ3v) is 20.1. The molecule has 114 heavy (non-hydrogen) atoms. The maximum atomic E-state index is 15.2. The fourth-order valence-corrected chi connectivity index (χ4v) is 13.7. The van der Waals surface area contributed by atoms with Crippen LogP contribution < -0.4 is 70.0 Å². The molecule has 4 aromatic rings. The van der Waals surface area contributed by atoms with Crippen molar-refractivity contribution in [3.63, 3.8) is 0 Å². The molecule has 4 heterocycles. The van der Waals surface area contributed by atoms with Crippen LogP contribution in [0.1, 0.15) is 191 Å². The second-order valence-corrected chi connectivity index (χ2v) is 29.4. The molecule has 2 aliphatic rings. The molecule has 34 heteroatoms. The summed E-state index contributed by atoms with van der Waals surface area (Å²) in [5.74, 6) is -9.61. The first-order valence-corrected chi connectivity index (χ1v) is 40.7. The molecule has 630 valence electrons. The van der Waals surface area contributed by atoms with Crippen LogP contribution in [0.3, 0.4) is 0 Å². The van der Waals surface area contributed by atoms with Crippen molar-refractivity contribution in [2.24, 2.45) is 11.5 Å². The number of amides is 11. The first-order valence-electron chi connectivity index (χ1n) is 40.7. The van der Waals surface area contributed by atoms with Crippen LogP contribution >= 0.6 is 0 Å². The van der Waals surface area contributed by atoms with Crippen molar-refractivity contribution in [3.05, 3.63) is 90.1 Å². The summed E-state index contributed by atoms with van der Waals surface area (Å²) in [7, 11) is 0. The summed E-state index contributed by atoms with van der Waals surface area (Å²) in [5, 5.41) is 60.4. The van der Waals surface area contributed by atoms with E-state index in [0.29, 0.717) is 55.5 Å². The van der Waals surface area contributed by atoms with Gasteiger partial charge in [-0.05, 0) is 75.1 Å². The van der Waals surface area contributed by atoms with Crippen LogP contribution in [-0.4, -0.2) is 233 Å². The number of hydrogen-bond donors (Lipinski definition) is 18. The number of aromatic nitrogens is 3. The molecule has 6 rings (SSSR count). The first-order chi connectivity index (χ1) is 55.1. The van der Waals surface area contributed by atoms with Gasteiger partial charge in [0, 0.05) is 81.5 Å². The minimum atomic E-state index is -1.72. The van der Waals surface area contributed by atoms with E-state index in [2.05, 4.69) is 80.4 Å². The second kappa shape index (κ2) is 52.5. The van der Waals surface area contributed by atoms with Crippen LogP contribution in [0.2, 0.25) is 0 Å². The largest absolute Gasteiger partial charge is 0.394 e. The number of guanidine groups is 1. The normalized spacial score (nSPS) is 19.9. The molecule has 0 bridgehead atoms. The number of primary amides is 1. The van der Waals surface area contributed by atoms with Crippen molar-refractivity contribution >= 4 is 87.6 Å². The number of fused-ring (bicyclic) bond motifs is 2. The zero-order valence-corrected chi connectivity index (χ0v) is 66.2. The number of rotatable bonds is 44. The molecule has 20 N–H and O–H groups in total. The van der Waals surface area contributed by atoms with Crippen LogP contribution in [-0.2, 0) is 86.3 Å². The number of benzene rings is 2. The van der Waals surface area contributed by atoms with Gasteiger partial charge in [-0.25, -0.2) is 4.98 Å². The predicted octanol–water partition coefficient (Wildman–Crippen LogP) is 1.44. The maximum Gasteiger partial charge on any atom is 0.246 e. The van der Waals surface area contributed by atoms with Crippen LogP contribution in [0.5, 0.6) is 0 Å². The number of carbonyl (C=O) groups excluding carboxylic acids is 12. The summed E-state index contributed by atoms with van der Waals surface area (Å²) in [4.78, 5) is 181. The lowest BCUT2D eigenvalue weighted by atomic mass is 10.0. The predicted molar refractivity (Wildman–Crippen MR) is 427 cm³/mol. The molecule has 2 aromatic heterocycles. The molecule has 2 saturated heterocycles. The Morgan fingerprint density at radius 3 is 1.98 bits per heavy atom. The molecule has 1 unspecified atom stereocenters. The van der Waals surface area contributed by atoms with Crippen LogP contribution in [0.4, 0.5) is 0 Å². The number of para-hydroxylation sites is 1. The van der Waals surface area contributed by atoms with Crippen molar-refractivity contribution in [1.82, 2.24) is 78.3 Å². The minimum Gasteiger partial charge on any atom is -0.394 e. The molecule has 2 aliphatic heterocycles. The Labute approximate surface area is 667 Å². The molecular weight excluding hydrogens is 1470 g/mol. The van der Waals surface area contributed by atoms with Crippen molar-refractivity contribution in [1.29, 1.82) is 5.41 Å². The average Bonchev–Trinajstić information content (AvgIpc) is 1.66. The molecule has 0 spiro atoms. The Balaban J connectivity index is 1.13. The van der Waals surface area contributed by atoms with Gasteiger partial charge in [0.2, 0.25) is 65.0 Å². The van der Waals surface area contributed by atoms with Gasteiger partial charge in [0.05, 0.1) is 51.1 Å². The number of imidazole rings is 1. The fraction of sp³-hybridized carbons (Fsp3) is 0.625. The summed E-state index contributed by atoms with van der Waals surface area (Å²) in [6, 6.07) is 2.65. The topological polar surface area (TPSA) is 520 Å². The summed E-state index contributed by atoms with van der Waals surface area (Å²) in [6.45, 7) is 2.82. The summed E-state index contributed by atoms with van der Waals surface area (Å²) in [6.07, 6.45) is 19.5. The number of aliphatic hydroxyl groups excluding tert-OH is 2. The summed E-state index contributed by atoms with van der Waals surface area (Å²) >= 11 is 0. The van der Waals surface area contributed by atoms with Gasteiger partial charge in [-0.2, -0.15) is 0 Å². The Hall–Kier alpha value is -9.90. The highest BCUT2D eigenvalue weighted by Crippen LogP contribution is 2.24. The SMILES string of the molecule is CCCCCCCCCCCCCCCC(=O)NCCOCCOCC(=O)N[C@@H](Cc1c[nH]cn1)C(=O)N[C@@H](CO)C(=O)N[C@@H](CCCC)C(=O)N[C@H]1CCC(=O)CNCCCC[C@@H](C(N)=O)NC(=O)[C@H](Cc2c[nH]c3ccccc23)NC(=O)[C@H](CCCNC(=N)N)NC(=O)C(Cc2ccccc2)NC(=O)[C@@H]2C[C@@H](O)CN2C1=O. The number of nitrogens with two attached hydrogens (primary N) is 2. The van der Waals surface area contributed by atoms with Crippen molar-refractivity contribution in [2.45, 2.75) is 254 Å². The maximum absolute atomic E-state index is 15.2. The van der Waals surface area contributed by atoms with E-state index in [4.69, 9.17) is 26.4 Å². The number of aromatic amines is 2. The number of unbranched alkanes of at least 4 members (excludes halogenated alkanes) is 13. The van der Waals surface area contributed by atoms with E-state index in [1.807, 2.05) is 25.1 Å². The van der Waals surface area contributed by atoms with Gasteiger partial charge >= 0.3 is 0 Å². The van der Waals surface area contributed by atoms with Gasteiger partial charge in [0.1, 0.15) is 66.8 Å². The number of hydrogen-bond acceptors (Lipinski definition) is 19. The van der Waals surface area contributed by atoms with Gasteiger partial charge in [-0.3, -0.25) is 62.9 Å². The highest BCUT2D eigenvalue weighted by atomic mass is 16.5. The van der Waals surface area contributed by atoms with Gasteiger partial charge in [-0.15, -0.1) is 0 Å². The second-order valence-electron chi connectivity index (χ2n) is 29.4. The zero-order chi connectivity index (χ0) is 82.4. The number of aliphatic hydroxyl groups is 2. The Morgan fingerprint density at radius 2 is 1.29 bits per heavy atom. The fourth-order valence-electron chi connectivity index (χ4n) is 13.7. The zero-order valence-electron chi connectivity index (χ0n) is 66.2. The van der Waals surface area contributed by atoms with Crippen molar-refractivity contribution in [3.8, 4) is 0 Å². The third kappa shape index (κ3) is 34.4. The summed E-state index contributed by atoms with van der Waals surface area (Å²) < 4.78 is 11.1. The van der Waals surface area contributed by atoms with E-state index >= 15 is 4.79 Å². The number of nitrogens with zero attached hydrogens (tertiary/aromatic N) is 2. The van der Waals surface area contributed by atoms with Crippen LogP contribution in [0.15, 0.2) is 73.3 Å². The molecule has 11 amide bonds. The van der Waals surface area contributed by atoms with E-state index in [1.165, 1.54) is 76.7 Å². The first kappa shape index (κ1) is 93.0. The summed E-state index contributed by atoms with van der Waals surface area (Å²) in [5.41, 5.74) is 13.7. The molecule has 34 nitrogen and oxygen atoms in total. The lowest BCUT2D eigenvalue weighted by molar-refractivity contribution is -0.143. The monoisotopic (exact) mass is 1590 g/mol. The standard InChI is InChI=1S/C80H124N18O16/c1-3-5-7-8-9-10-11-12-13-14-15-16-20-33-69(102)86-38-39-113-40-41-114-51-70(103)90-66(44-55-47-85-52-89-55)76(109)97-67(50-99)77(110)93-61(29-6-4-2)72(105)94-63-35-34-56(100)48-84-36-24-23-31-60(71(81)104)91-75(108)65(43-54-46-88-59-30-22-21-28-58(54)59)95-73(106)62(32-25-37-87-80(82)83)92-74(107)64(42-53-26-18-17-19-27-53)96-78(111)68-45-57(101)49-98(68)79(63)112/h17-19,21-22,26-28,30,46-47,52,57,60-68,84,88,99,101H,3-16,20,23-25,29,31-45,48-51H2,1-2H3,(H2,81,104)(H,85,89)(H,86,102)(H,90,103)(H,91,108)(H,92,107)(H,93,110)(H,94,105)(H,95,106)(H,96,111)(H,97,109)(H4,82,83,87)/t57-,60+,61+,62+,63+,64?,65+,66+,67+,68+/m1/s1. The van der Waals surface area contributed by atoms with Crippen LogP contribution in [0.25, 0.3) is 10.9 Å². The Bertz CT molecular complexity index is 3660. The average molecular weight is 1590 g/mol. The smallest absolute Gasteiger partial charge is 0.246 e. The van der Waals surface area contributed by atoms with E-state index in [0.717, 1.165) is 35.1 Å². The number of nitrogens with one attached hydrogen (secondary N) is 14. The van der Waals surface area contributed by atoms with Gasteiger partial charge in [0.15, 0.2) is 5.96 Å². The minimum absolute atomic E-state index is 0.00272. The highest BCUT2D eigenvalue weighted by Gasteiger charge is 2.44. The van der Waals surface area contributed by atoms with Gasteiger partial charge in [-0.1, -0.05) is 152 Å². The van der Waals surface area contributed by atoms with Crippen LogP contribution in [0, 0.1) is 5.41 Å². The lowest BCUT2D eigenvalue weighted by Crippen LogP contribution is -2.61. The Morgan fingerprint density at radius 1 is 0.649 bits per heavy atom. The van der Waals surface area contributed by atoms with E-state index in [1.54, 1.807) is 42.6 Å². The third-order valence-electron chi connectivity index (χ3n) is 20.1. The molecule has 0 radical (unpaired) electrons. The number of ether oxygens (including phenoxy) is 2. The number of ketones is 1. The van der Waals surface area contributed by atoms with Crippen molar-refractivity contribution < 1.29 is 77.2 Å². The van der Waals surface area contributed by atoms with E-state index in [9.17, 15) is 63.0 Å². The number of carbonyl (C=O) groups is 12. The quantitative estimate of drug-likeness (QED) is 0.0169. The molecule has 0 saturated carbocycles. The highest BCUT2D eigenvalue weighted by molar-refractivity contribution is 5.99. The van der Waals surface area contributed by atoms with Gasteiger partial charge < -0.3 is 105 Å².